The van der Waals surface area contributed by atoms with E-state index in [0.717, 1.165) is 30.8 Å². The van der Waals surface area contributed by atoms with Crippen LogP contribution in [0.25, 0.3) is 11.3 Å². The summed E-state index contributed by atoms with van der Waals surface area (Å²) in [6.45, 7) is 4.84. The lowest BCUT2D eigenvalue weighted by molar-refractivity contribution is 0.0733. The van der Waals surface area contributed by atoms with E-state index in [-0.39, 0.29) is 18.0 Å². The second-order valence-electron chi connectivity index (χ2n) is 8.51. The third-order valence-corrected chi connectivity index (χ3v) is 6.23. The van der Waals surface area contributed by atoms with Gasteiger partial charge in [-0.2, -0.15) is 5.10 Å². The first-order valence-electron chi connectivity index (χ1n) is 10.8. The van der Waals surface area contributed by atoms with Crippen LogP contribution in [-0.2, 0) is 13.0 Å². The van der Waals surface area contributed by atoms with Gasteiger partial charge in [-0.25, -0.2) is 4.98 Å². The molecule has 2 aromatic heterocycles. The quantitative estimate of drug-likeness (QED) is 0.681. The number of fused-ring (bicyclic) bond motifs is 1. The Kier molecular flexibility index (Phi) is 5.05. The molecule has 8 nitrogen and oxygen atoms in total. The van der Waals surface area contributed by atoms with Gasteiger partial charge in [-0.15, -0.1) is 0 Å². The number of benzene rings is 1. The van der Waals surface area contributed by atoms with Crippen LogP contribution in [0.15, 0.2) is 41.3 Å². The molecule has 0 aliphatic carbocycles. The Morgan fingerprint density at radius 1 is 1.19 bits per heavy atom. The third-order valence-electron chi connectivity index (χ3n) is 6.23. The number of hydrogen-bond acceptors (Lipinski definition) is 5. The Hall–Kier alpha value is -3.42. The lowest BCUT2D eigenvalue weighted by Gasteiger charge is -2.33. The lowest BCUT2D eigenvalue weighted by Crippen LogP contribution is -2.41. The fourth-order valence-electron chi connectivity index (χ4n) is 4.56. The predicted molar refractivity (Wildman–Crippen MR) is 118 cm³/mol. The number of amides is 1. The molecule has 31 heavy (non-hydrogen) atoms. The molecule has 0 bridgehead atoms. The molecule has 1 atom stereocenters. The smallest absolute Gasteiger partial charge is 0.258 e. The summed E-state index contributed by atoms with van der Waals surface area (Å²) in [5.41, 5.74) is 3.34. The summed E-state index contributed by atoms with van der Waals surface area (Å²) in [6, 6.07) is 9.66. The summed E-state index contributed by atoms with van der Waals surface area (Å²) < 4.78 is 0. The molecule has 2 aliphatic rings. The van der Waals surface area contributed by atoms with Crippen LogP contribution in [0.4, 0.5) is 5.95 Å². The topological polar surface area (TPSA) is 98.0 Å². The van der Waals surface area contributed by atoms with E-state index in [1.54, 1.807) is 11.1 Å². The highest BCUT2D eigenvalue weighted by atomic mass is 16.2. The van der Waals surface area contributed by atoms with Gasteiger partial charge in [-0.1, -0.05) is 37.3 Å². The molecule has 1 saturated heterocycles. The molecule has 2 N–H and O–H groups in total. The number of rotatable bonds is 3. The molecule has 5 rings (SSSR count). The van der Waals surface area contributed by atoms with Crippen molar-refractivity contribution in [3.05, 3.63) is 63.7 Å². The molecule has 0 spiro atoms. The van der Waals surface area contributed by atoms with Crippen molar-refractivity contribution in [1.29, 1.82) is 0 Å². The van der Waals surface area contributed by atoms with Gasteiger partial charge in [0, 0.05) is 31.6 Å². The predicted octanol–water partition coefficient (Wildman–Crippen LogP) is 2.59. The zero-order valence-electron chi connectivity index (χ0n) is 17.6. The molecule has 4 heterocycles. The van der Waals surface area contributed by atoms with Crippen LogP contribution in [0.5, 0.6) is 0 Å². The molecule has 3 aromatic rings. The van der Waals surface area contributed by atoms with E-state index in [0.29, 0.717) is 41.7 Å². The summed E-state index contributed by atoms with van der Waals surface area (Å²) in [5.74, 6) is 1.12. The largest absolute Gasteiger partial charge is 0.342 e. The number of aromatic amines is 2. The highest BCUT2D eigenvalue weighted by molar-refractivity contribution is 5.99. The molecule has 1 fully saturated rings. The minimum atomic E-state index is -0.147. The van der Waals surface area contributed by atoms with Gasteiger partial charge in [0.15, 0.2) is 0 Å². The first-order valence-corrected chi connectivity index (χ1v) is 10.8. The summed E-state index contributed by atoms with van der Waals surface area (Å²) in [6.07, 6.45) is 4.45. The molecular weight excluding hydrogens is 392 g/mol. The first-order chi connectivity index (χ1) is 15.1. The van der Waals surface area contributed by atoms with Gasteiger partial charge in [0.05, 0.1) is 35.3 Å². The number of nitrogens with one attached hydrogen (secondary N) is 2. The number of piperidine rings is 1. The van der Waals surface area contributed by atoms with Gasteiger partial charge in [-0.3, -0.25) is 19.7 Å². The monoisotopic (exact) mass is 418 g/mol. The van der Waals surface area contributed by atoms with Crippen molar-refractivity contribution in [1.82, 2.24) is 25.1 Å². The van der Waals surface area contributed by atoms with E-state index >= 15 is 0 Å². The number of nitrogens with zero attached hydrogens (tertiary/aromatic N) is 4. The van der Waals surface area contributed by atoms with Crippen molar-refractivity contribution in [2.24, 2.45) is 5.92 Å². The van der Waals surface area contributed by atoms with E-state index in [1.807, 2.05) is 30.3 Å². The van der Waals surface area contributed by atoms with Crippen LogP contribution < -0.4 is 10.5 Å². The van der Waals surface area contributed by atoms with Crippen LogP contribution in [0.3, 0.4) is 0 Å². The van der Waals surface area contributed by atoms with Crippen molar-refractivity contribution in [3.8, 4) is 11.3 Å². The highest BCUT2D eigenvalue weighted by Gasteiger charge is 2.28. The van der Waals surface area contributed by atoms with Gasteiger partial charge in [0.25, 0.3) is 11.5 Å². The maximum absolute atomic E-state index is 13.3. The van der Waals surface area contributed by atoms with Crippen LogP contribution in [0.2, 0.25) is 0 Å². The number of anilines is 1. The van der Waals surface area contributed by atoms with Crippen molar-refractivity contribution >= 4 is 11.9 Å². The second kappa shape index (κ2) is 8.02. The van der Waals surface area contributed by atoms with Crippen LogP contribution in [-0.4, -0.2) is 50.6 Å². The van der Waals surface area contributed by atoms with Crippen molar-refractivity contribution in [2.45, 2.75) is 32.7 Å². The summed E-state index contributed by atoms with van der Waals surface area (Å²) >= 11 is 0. The third kappa shape index (κ3) is 3.73. The van der Waals surface area contributed by atoms with E-state index in [9.17, 15) is 9.59 Å². The average Bonchev–Trinajstić information content (AvgIpc) is 3.29. The molecule has 0 saturated carbocycles. The van der Waals surface area contributed by atoms with Crippen LogP contribution >= 0.6 is 0 Å². The zero-order valence-corrected chi connectivity index (χ0v) is 17.6. The summed E-state index contributed by atoms with van der Waals surface area (Å²) in [5, 5.41) is 7.02. The number of hydrogen-bond donors (Lipinski definition) is 2. The number of carbonyl (C=O) groups excluding carboxylic acids is 1. The zero-order chi connectivity index (χ0) is 21.4. The van der Waals surface area contributed by atoms with E-state index < -0.39 is 0 Å². The molecule has 1 amide bonds. The van der Waals surface area contributed by atoms with Crippen molar-refractivity contribution < 1.29 is 4.79 Å². The Morgan fingerprint density at radius 2 is 2.03 bits per heavy atom. The van der Waals surface area contributed by atoms with Crippen LogP contribution in [0.1, 0.15) is 41.4 Å². The van der Waals surface area contributed by atoms with Gasteiger partial charge in [0.1, 0.15) is 0 Å². The fourth-order valence-corrected chi connectivity index (χ4v) is 4.56. The minimum absolute atomic E-state index is 0.133. The van der Waals surface area contributed by atoms with Gasteiger partial charge in [-0.05, 0) is 18.8 Å². The molecule has 160 valence electrons. The molecule has 1 unspecified atom stereocenters. The molecule has 1 aromatic carbocycles. The molecule has 8 heteroatoms. The Bertz CT molecular complexity index is 1150. The Labute approximate surface area is 180 Å². The van der Waals surface area contributed by atoms with Crippen molar-refractivity contribution in [3.63, 3.8) is 0 Å². The Balaban J connectivity index is 1.39. The van der Waals surface area contributed by atoms with Crippen LogP contribution in [0, 0.1) is 5.92 Å². The molecular formula is C23H26N6O2. The van der Waals surface area contributed by atoms with E-state index in [4.69, 9.17) is 4.98 Å². The van der Waals surface area contributed by atoms with E-state index in [2.05, 4.69) is 27.0 Å². The Morgan fingerprint density at radius 3 is 2.84 bits per heavy atom. The van der Waals surface area contributed by atoms with Gasteiger partial charge in [0.2, 0.25) is 5.95 Å². The maximum Gasteiger partial charge on any atom is 0.258 e. The molecule has 2 aliphatic heterocycles. The summed E-state index contributed by atoms with van der Waals surface area (Å²) in [7, 11) is 0. The number of H-pyrrole nitrogens is 2. The van der Waals surface area contributed by atoms with Gasteiger partial charge >= 0.3 is 0 Å². The second-order valence-corrected chi connectivity index (χ2v) is 8.51. The highest BCUT2D eigenvalue weighted by Crippen LogP contribution is 2.25. The number of aromatic nitrogens is 4. The normalized spacial score (nSPS) is 18.7. The molecule has 0 radical (unpaired) electrons. The lowest BCUT2D eigenvalue weighted by atomic mass is 10.0. The average molecular weight is 419 g/mol. The number of carbonyl (C=O) groups is 1. The SMILES string of the molecule is CC1CCCN(c2nc3c(c(=O)[nH]2)CN(C(=O)c2cn[nH]c2-c2ccccc2)CC3)C1. The van der Waals surface area contributed by atoms with Gasteiger partial charge < -0.3 is 9.80 Å². The fraction of sp³-hybridized carbons (Fsp3) is 0.391. The summed E-state index contributed by atoms with van der Waals surface area (Å²) in [4.78, 5) is 37.7. The van der Waals surface area contributed by atoms with Crippen molar-refractivity contribution in [2.75, 3.05) is 24.5 Å². The first kappa shape index (κ1) is 19.5. The maximum atomic E-state index is 13.3. The van der Waals surface area contributed by atoms with E-state index in [1.165, 1.54) is 6.42 Å². The minimum Gasteiger partial charge on any atom is -0.342 e. The standard InChI is InChI=1S/C23H26N6O2/c1-15-6-5-10-29(13-15)23-25-19-9-11-28(14-18(19)21(30)26-23)22(31)17-12-24-27-20(17)16-7-3-2-4-8-16/h2-4,7-8,12,15H,5-6,9-11,13-14H2,1H3,(H,24,27)(H,25,26,30).